The maximum absolute atomic E-state index is 12.0. The van der Waals surface area contributed by atoms with Gasteiger partial charge in [0.05, 0.1) is 5.69 Å². The molecule has 0 aliphatic carbocycles. The lowest BCUT2D eigenvalue weighted by molar-refractivity contribution is -0.117. The van der Waals surface area contributed by atoms with Crippen LogP contribution in [0.15, 0.2) is 30.6 Å². The van der Waals surface area contributed by atoms with Gasteiger partial charge in [-0.25, -0.2) is 4.68 Å². The lowest BCUT2D eigenvalue weighted by Crippen LogP contribution is -2.32. The minimum absolute atomic E-state index is 0.0684. The number of anilines is 1. The SMILES string of the molecule is O=C(CC1CCCNC1)Nc1ccc(-n2cnnn2)cc1. The molecule has 2 aromatic rings. The minimum Gasteiger partial charge on any atom is -0.326 e. The van der Waals surface area contributed by atoms with Gasteiger partial charge < -0.3 is 10.6 Å². The van der Waals surface area contributed by atoms with Crippen molar-refractivity contribution >= 4 is 11.6 Å². The number of hydrogen-bond acceptors (Lipinski definition) is 5. The Morgan fingerprint density at radius 1 is 1.38 bits per heavy atom. The van der Waals surface area contributed by atoms with Gasteiger partial charge in [0.2, 0.25) is 5.91 Å². The number of hydrogen-bond donors (Lipinski definition) is 2. The molecule has 1 atom stereocenters. The van der Waals surface area contributed by atoms with E-state index in [4.69, 9.17) is 0 Å². The molecule has 0 radical (unpaired) electrons. The van der Waals surface area contributed by atoms with Gasteiger partial charge in [-0.05, 0) is 66.5 Å². The summed E-state index contributed by atoms with van der Waals surface area (Å²) < 4.78 is 1.57. The maximum Gasteiger partial charge on any atom is 0.224 e. The zero-order valence-corrected chi connectivity index (χ0v) is 11.7. The zero-order chi connectivity index (χ0) is 14.5. The van der Waals surface area contributed by atoms with E-state index in [9.17, 15) is 4.79 Å². The molecule has 1 fully saturated rings. The summed E-state index contributed by atoms with van der Waals surface area (Å²) in [7, 11) is 0. The lowest BCUT2D eigenvalue weighted by atomic mass is 9.96. The molecule has 2 heterocycles. The number of carbonyl (C=O) groups is 1. The van der Waals surface area contributed by atoms with Crippen LogP contribution >= 0.6 is 0 Å². The monoisotopic (exact) mass is 286 g/mol. The highest BCUT2D eigenvalue weighted by atomic mass is 16.1. The van der Waals surface area contributed by atoms with Crippen LogP contribution in [-0.4, -0.2) is 39.2 Å². The summed E-state index contributed by atoms with van der Waals surface area (Å²) >= 11 is 0. The van der Waals surface area contributed by atoms with E-state index in [1.54, 1.807) is 4.68 Å². The number of amides is 1. The highest BCUT2D eigenvalue weighted by Crippen LogP contribution is 2.16. The maximum atomic E-state index is 12.0. The van der Waals surface area contributed by atoms with Crippen molar-refractivity contribution in [2.75, 3.05) is 18.4 Å². The lowest BCUT2D eigenvalue weighted by Gasteiger charge is -2.22. The van der Waals surface area contributed by atoms with E-state index in [0.717, 1.165) is 37.3 Å². The Morgan fingerprint density at radius 2 is 2.24 bits per heavy atom. The first-order valence-electron chi connectivity index (χ1n) is 7.15. The molecule has 0 bridgehead atoms. The molecule has 0 saturated carbocycles. The smallest absolute Gasteiger partial charge is 0.224 e. The van der Waals surface area contributed by atoms with Crippen molar-refractivity contribution < 1.29 is 4.79 Å². The van der Waals surface area contributed by atoms with Gasteiger partial charge in [-0.15, -0.1) is 5.10 Å². The van der Waals surface area contributed by atoms with Crippen molar-refractivity contribution in [3.8, 4) is 5.69 Å². The molecular formula is C14H18N6O. The van der Waals surface area contributed by atoms with E-state index in [1.807, 2.05) is 24.3 Å². The number of aromatic nitrogens is 4. The third-order valence-corrected chi connectivity index (χ3v) is 3.64. The molecule has 1 amide bonds. The molecule has 1 aromatic heterocycles. The second-order valence-corrected chi connectivity index (χ2v) is 5.27. The molecule has 1 aliphatic rings. The van der Waals surface area contributed by atoms with Gasteiger partial charge in [-0.1, -0.05) is 0 Å². The molecule has 1 unspecified atom stereocenters. The second kappa shape index (κ2) is 6.45. The highest BCUT2D eigenvalue weighted by molar-refractivity contribution is 5.90. The number of nitrogens with zero attached hydrogens (tertiary/aromatic N) is 4. The normalized spacial score (nSPS) is 18.4. The Morgan fingerprint density at radius 3 is 2.90 bits per heavy atom. The number of nitrogens with one attached hydrogen (secondary N) is 2. The molecule has 0 spiro atoms. The third-order valence-electron chi connectivity index (χ3n) is 3.64. The van der Waals surface area contributed by atoms with Gasteiger partial charge in [0.15, 0.2) is 0 Å². The molecule has 7 nitrogen and oxygen atoms in total. The van der Waals surface area contributed by atoms with Gasteiger partial charge in [0.25, 0.3) is 0 Å². The first-order chi connectivity index (χ1) is 10.3. The van der Waals surface area contributed by atoms with Crippen LogP contribution in [0.25, 0.3) is 5.69 Å². The second-order valence-electron chi connectivity index (χ2n) is 5.27. The number of tetrazole rings is 1. The molecule has 2 N–H and O–H groups in total. The Bertz CT molecular complexity index is 574. The van der Waals surface area contributed by atoms with Crippen LogP contribution in [0, 0.1) is 5.92 Å². The topological polar surface area (TPSA) is 84.7 Å². The van der Waals surface area contributed by atoms with E-state index in [1.165, 1.54) is 6.33 Å². The summed E-state index contributed by atoms with van der Waals surface area (Å²) in [5.74, 6) is 0.512. The van der Waals surface area contributed by atoms with Crippen molar-refractivity contribution in [1.82, 2.24) is 25.5 Å². The van der Waals surface area contributed by atoms with Crippen molar-refractivity contribution in [3.63, 3.8) is 0 Å². The van der Waals surface area contributed by atoms with Gasteiger partial charge in [-0.3, -0.25) is 4.79 Å². The first kappa shape index (κ1) is 13.7. The fourth-order valence-corrected chi connectivity index (χ4v) is 2.55. The first-order valence-corrected chi connectivity index (χ1v) is 7.15. The fourth-order valence-electron chi connectivity index (χ4n) is 2.55. The van der Waals surface area contributed by atoms with E-state index >= 15 is 0 Å². The molecule has 1 saturated heterocycles. The molecule has 1 aromatic carbocycles. The molecular weight excluding hydrogens is 268 g/mol. The Labute approximate surface area is 122 Å². The predicted octanol–water partition coefficient (Wildman–Crippen LogP) is 0.990. The Balaban J connectivity index is 1.56. The summed E-state index contributed by atoms with van der Waals surface area (Å²) in [5, 5.41) is 17.3. The molecule has 110 valence electrons. The van der Waals surface area contributed by atoms with Gasteiger partial charge >= 0.3 is 0 Å². The van der Waals surface area contributed by atoms with Crippen molar-refractivity contribution in [1.29, 1.82) is 0 Å². The Hall–Kier alpha value is -2.28. The average Bonchev–Trinajstić information content (AvgIpc) is 3.03. The van der Waals surface area contributed by atoms with Gasteiger partial charge in [0.1, 0.15) is 6.33 Å². The van der Waals surface area contributed by atoms with Crippen LogP contribution < -0.4 is 10.6 Å². The fraction of sp³-hybridized carbons (Fsp3) is 0.429. The Kier molecular flexibility index (Phi) is 4.20. The van der Waals surface area contributed by atoms with Crippen LogP contribution in [-0.2, 0) is 4.79 Å². The van der Waals surface area contributed by atoms with E-state index < -0.39 is 0 Å². The van der Waals surface area contributed by atoms with Crippen molar-refractivity contribution in [2.45, 2.75) is 19.3 Å². The predicted molar refractivity (Wildman–Crippen MR) is 78.0 cm³/mol. The van der Waals surface area contributed by atoms with Crippen LogP contribution in [0.2, 0.25) is 0 Å². The van der Waals surface area contributed by atoms with Gasteiger partial charge in [-0.2, -0.15) is 0 Å². The number of rotatable bonds is 4. The van der Waals surface area contributed by atoms with E-state index in [2.05, 4.69) is 26.2 Å². The number of piperidine rings is 1. The summed E-state index contributed by atoms with van der Waals surface area (Å²) in [6.45, 7) is 2.00. The summed E-state index contributed by atoms with van der Waals surface area (Å²) in [6, 6.07) is 7.45. The average molecular weight is 286 g/mol. The number of carbonyl (C=O) groups excluding carboxylic acids is 1. The highest BCUT2D eigenvalue weighted by Gasteiger charge is 2.16. The minimum atomic E-state index is 0.0684. The van der Waals surface area contributed by atoms with Crippen LogP contribution in [0.3, 0.4) is 0 Å². The molecule has 7 heteroatoms. The van der Waals surface area contributed by atoms with Crippen LogP contribution in [0.5, 0.6) is 0 Å². The third kappa shape index (κ3) is 3.63. The standard InChI is InChI=1S/C14H18N6O/c21-14(8-11-2-1-7-15-9-11)17-12-3-5-13(6-4-12)20-10-16-18-19-20/h3-6,10-11,15H,1-2,7-9H2,(H,17,21). The summed E-state index contributed by atoms with van der Waals surface area (Å²) in [6.07, 6.45) is 4.38. The van der Waals surface area contributed by atoms with E-state index in [0.29, 0.717) is 12.3 Å². The van der Waals surface area contributed by atoms with Gasteiger partial charge in [0, 0.05) is 12.1 Å². The van der Waals surface area contributed by atoms with E-state index in [-0.39, 0.29) is 5.91 Å². The largest absolute Gasteiger partial charge is 0.326 e. The van der Waals surface area contributed by atoms with Crippen LogP contribution in [0.4, 0.5) is 5.69 Å². The molecule has 1 aliphatic heterocycles. The quantitative estimate of drug-likeness (QED) is 0.875. The summed E-state index contributed by atoms with van der Waals surface area (Å²) in [4.78, 5) is 12.0. The van der Waals surface area contributed by atoms with Crippen LogP contribution in [0.1, 0.15) is 19.3 Å². The molecule has 21 heavy (non-hydrogen) atoms. The van der Waals surface area contributed by atoms with Crippen molar-refractivity contribution in [3.05, 3.63) is 30.6 Å². The van der Waals surface area contributed by atoms with Crippen molar-refractivity contribution in [2.24, 2.45) is 5.92 Å². The zero-order valence-electron chi connectivity index (χ0n) is 11.7. The number of benzene rings is 1. The summed E-state index contributed by atoms with van der Waals surface area (Å²) in [5.41, 5.74) is 1.65. The molecule has 3 rings (SSSR count).